The number of hydrogen-bond donors (Lipinski definition) is 2. The molecule has 2 nitrogen and oxygen atoms in total. The fourth-order valence-electron chi connectivity index (χ4n) is 0.168. The standard InChI is InChI=1S/2C4H10O/c2*1-2-3-4-5/h2*5H,2-4H2,1H3/i2D2,3D2,4D2;3D2. The third-order valence-electron chi connectivity index (χ3n) is 0.543. The van der Waals surface area contributed by atoms with E-state index in [1.807, 2.05) is 0 Å². The third kappa shape index (κ3) is 24.7. The van der Waals surface area contributed by atoms with Gasteiger partial charge in [0.1, 0.15) is 0 Å². The van der Waals surface area contributed by atoms with Crippen LogP contribution < -0.4 is 0 Å². The molecule has 0 bridgehead atoms. The second-order valence-electron chi connectivity index (χ2n) is 1.25. The third-order valence-corrected chi connectivity index (χ3v) is 0.543. The minimum absolute atomic E-state index is 0.372. The largest absolute Gasteiger partial charge is 0.396 e. The monoisotopic (exact) mass is 156 g/mol. The first-order valence-corrected chi connectivity index (χ1v) is 2.95. The molecule has 0 unspecified atom stereocenters. The van der Waals surface area contributed by atoms with Gasteiger partial charge in [0.2, 0.25) is 0 Å². The van der Waals surface area contributed by atoms with E-state index in [-0.39, 0.29) is 6.61 Å². The fraction of sp³-hybridized carbons (Fsp3) is 1.00. The molecule has 0 heterocycles. The summed E-state index contributed by atoms with van der Waals surface area (Å²) in [5, 5.41) is 16.8. The van der Waals surface area contributed by atoms with Crippen molar-refractivity contribution in [3.8, 4) is 0 Å². The van der Waals surface area contributed by atoms with E-state index in [0.29, 0.717) is 6.42 Å². The molecule has 0 aromatic carbocycles. The van der Waals surface area contributed by atoms with Crippen LogP contribution in [-0.2, 0) is 0 Å². The molecule has 64 valence electrons. The van der Waals surface area contributed by atoms with Crippen molar-refractivity contribution in [2.45, 2.75) is 39.4 Å². The van der Waals surface area contributed by atoms with Gasteiger partial charge in [-0.3, -0.25) is 0 Å². The van der Waals surface area contributed by atoms with Gasteiger partial charge in [-0.25, -0.2) is 0 Å². The lowest BCUT2D eigenvalue weighted by atomic mass is 10.4. The molecular formula is C8H20O2. The van der Waals surface area contributed by atoms with E-state index in [1.165, 1.54) is 0 Å². The lowest BCUT2D eigenvalue weighted by Gasteiger charge is -1.79. The van der Waals surface area contributed by atoms with Crippen LogP contribution in [0.5, 0.6) is 0 Å². The number of hydrogen-bond acceptors (Lipinski definition) is 2. The molecule has 0 atom stereocenters. The van der Waals surface area contributed by atoms with E-state index >= 15 is 0 Å². The van der Waals surface area contributed by atoms with E-state index in [0.717, 1.165) is 6.92 Å². The molecule has 0 fully saturated rings. The van der Waals surface area contributed by atoms with Gasteiger partial charge in [-0.2, -0.15) is 0 Å². The molecule has 0 aromatic rings. The van der Waals surface area contributed by atoms with Crippen LogP contribution in [0, 0.1) is 0 Å². The molecule has 0 amide bonds. The molecule has 0 radical (unpaired) electrons. The summed E-state index contributed by atoms with van der Waals surface area (Å²) in [4.78, 5) is 0. The zero-order valence-electron chi connectivity index (χ0n) is 14.3. The average Bonchev–Trinajstić information content (AvgIpc) is 2.15. The first kappa shape index (κ1) is 3.11. The molecule has 0 aliphatic rings. The van der Waals surface area contributed by atoms with Gasteiger partial charge in [-0.15, -0.1) is 0 Å². The predicted molar refractivity (Wildman–Crippen MR) is 44.0 cm³/mol. The second-order valence-corrected chi connectivity index (χ2v) is 1.25. The molecule has 0 aliphatic heterocycles. The van der Waals surface area contributed by atoms with E-state index in [4.69, 9.17) is 21.2 Å². The molecule has 0 saturated carbocycles. The van der Waals surface area contributed by atoms with E-state index in [9.17, 15) is 0 Å². The van der Waals surface area contributed by atoms with Crippen molar-refractivity contribution in [1.29, 1.82) is 0 Å². The minimum Gasteiger partial charge on any atom is -0.396 e. The van der Waals surface area contributed by atoms with Crippen LogP contribution in [-0.4, -0.2) is 23.4 Å². The van der Waals surface area contributed by atoms with Gasteiger partial charge in [-0.1, -0.05) is 26.6 Å². The Morgan fingerprint density at radius 1 is 1.20 bits per heavy atom. The van der Waals surface area contributed by atoms with E-state index < -0.39 is 25.7 Å². The first-order chi connectivity index (χ1) is 7.62. The highest BCUT2D eigenvalue weighted by Gasteiger charge is 1.69. The number of aliphatic hydroxyl groups excluding tert-OH is 1. The van der Waals surface area contributed by atoms with Crippen molar-refractivity contribution in [2.75, 3.05) is 13.2 Å². The normalized spacial score (nSPS) is 26.0. The minimum atomic E-state index is -3.16. The Morgan fingerprint density at radius 3 is 1.80 bits per heavy atom. The van der Waals surface area contributed by atoms with Gasteiger partial charge in [-0.05, 0) is 12.7 Å². The zero-order valence-corrected chi connectivity index (χ0v) is 6.31. The Bertz CT molecular complexity index is 220. The van der Waals surface area contributed by atoms with Crippen LogP contribution in [0.4, 0.5) is 0 Å². The number of rotatable bonds is 4. The summed E-state index contributed by atoms with van der Waals surface area (Å²) in [5.74, 6) is 0. The zero-order chi connectivity index (χ0) is 15.4. The maximum Gasteiger partial charge on any atom is 0.0564 e. The molecule has 0 rings (SSSR count). The molecular weight excluding hydrogens is 128 g/mol. The second kappa shape index (κ2) is 16.0. The Balaban J connectivity index is 0. The summed E-state index contributed by atoms with van der Waals surface area (Å²) in [6.45, 7) is -0.952. The van der Waals surface area contributed by atoms with E-state index in [2.05, 4.69) is 0 Å². The molecule has 0 saturated heterocycles. The van der Waals surface area contributed by atoms with Crippen LogP contribution in [0.15, 0.2) is 0 Å². The van der Waals surface area contributed by atoms with Crippen molar-refractivity contribution in [2.24, 2.45) is 0 Å². The van der Waals surface area contributed by atoms with Crippen molar-refractivity contribution in [3.63, 3.8) is 0 Å². The summed E-state index contributed by atoms with van der Waals surface area (Å²) in [6.07, 6.45) is -6.30. The highest BCUT2D eigenvalue weighted by Crippen LogP contribution is 1.79. The summed E-state index contributed by atoms with van der Waals surface area (Å²) < 4.78 is 54.4. The Morgan fingerprint density at radius 2 is 1.80 bits per heavy atom. The summed E-state index contributed by atoms with van der Waals surface area (Å²) in [6, 6.07) is 0. The van der Waals surface area contributed by atoms with Crippen LogP contribution in [0.3, 0.4) is 0 Å². The van der Waals surface area contributed by atoms with Crippen LogP contribution in [0.1, 0.15) is 50.4 Å². The lowest BCUT2D eigenvalue weighted by Crippen LogP contribution is -1.75. The maximum absolute atomic E-state index is 8.60. The highest BCUT2D eigenvalue weighted by molar-refractivity contribution is 4.23. The molecule has 2 N–H and O–H groups in total. The van der Waals surface area contributed by atoms with Gasteiger partial charge in [0.25, 0.3) is 0 Å². The van der Waals surface area contributed by atoms with Gasteiger partial charge < -0.3 is 10.2 Å². The Labute approximate surface area is 75.1 Å². The quantitative estimate of drug-likeness (QED) is 0.648. The molecule has 10 heavy (non-hydrogen) atoms. The van der Waals surface area contributed by atoms with Crippen LogP contribution >= 0.6 is 0 Å². The highest BCUT2D eigenvalue weighted by atomic mass is 16.3. The number of aliphatic hydroxyl groups is 2. The van der Waals surface area contributed by atoms with Crippen molar-refractivity contribution in [1.82, 2.24) is 0 Å². The fourth-order valence-corrected chi connectivity index (χ4v) is 0.168. The van der Waals surface area contributed by atoms with Crippen molar-refractivity contribution >= 4 is 0 Å². The van der Waals surface area contributed by atoms with E-state index in [1.54, 1.807) is 6.92 Å². The van der Waals surface area contributed by atoms with Crippen molar-refractivity contribution in [3.05, 3.63) is 0 Å². The predicted octanol–water partition coefficient (Wildman–Crippen LogP) is 1.56. The summed E-state index contributed by atoms with van der Waals surface area (Å²) >= 11 is 0. The molecule has 0 aliphatic carbocycles. The molecule has 0 spiro atoms. The summed E-state index contributed by atoms with van der Waals surface area (Å²) in [5.41, 5.74) is 0. The maximum atomic E-state index is 8.60. The average molecular weight is 156 g/mol. The molecule has 2 heteroatoms. The van der Waals surface area contributed by atoms with Gasteiger partial charge >= 0.3 is 0 Å². The Hall–Kier alpha value is -0.0800. The van der Waals surface area contributed by atoms with Crippen molar-refractivity contribution < 1.29 is 21.2 Å². The smallest absolute Gasteiger partial charge is 0.0564 e. The van der Waals surface area contributed by atoms with Gasteiger partial charge in [0, 0.05) is 21.4 Å². The van der Waals surface area contributed by atoms with Crippen LogP contribution in [0.25, 0.3) is 0 Å². The topological polar surface area (TPSA) is 40.5 Å². The Kier molecular flexibility index (Phi) is 4.97. The SMILES string of the molecule is [2H]C([2H])(C)C([2H])([2H])C([2H])([2H])O.[2H]C([2H])(CC)CO. The van der Waals surface area contributed by atoms with Crippen LogP contribution in [0.2, 0.25) is 0 Å². The van der Waals surface area contributed by atoms with Gasteiger partial charge in [0.15, 0.2) is 0 Å². The molecule has 0 aromatic heterocycles. The summed E-state index contributed by atoms with van der Waals surface area (Å²) in [7, 11) is 0. The first-order valence-electron chi connectivity index (χ1n) is 6.95. The van der Waals surface area contributed by atoms with Gasteiger partial charge in [0.05, 0.1) is 2.74 Å². The lowest BCUT2D eigenvalue weighted by molar-refractivity contribution is 0.286.